The molecule has 0 aliphatic heterocycles. The van der Waals surface area contributed by atoms with Crippen LogP contribution < -0.4 is 0 Å². The zero-order chi connectivity index (χ0) is 4.50. The first-order valence-corrected chi connectivity index (χ1v) is 3.08. The normalized spacial score (nSPS) is 11.6. The van der Waals surface area contributed by atoms with Gasteiger partial charge in [-0.15, -0.1) is 3.89 Å². The predicted molar refractivity (Wildman–Crippen MR) is 19.8 cm³/mol. The van der Waals surface area contributed by atoms with Crippen LogP contribution in [0.25, 0.3) is 0 Å². The van der Waals surface area contributed by atoms with Crippen LogP contribution in [0.15, 0.2) is 0 Å². The standard InChI is InChI=1S/ClFH2N2S/c1-5(2,3)4/h3-4H. The van der Waals surface area contributed by atoms with Crippen LogP contribution in [0.3, 0.4) is 0 Å². The van der Waals surface area contributed by atoms with Crippen molar-refractivity contribution in [3.8, 4) is 0 Å². The van der Waals surface area contributed by atoms with Crippen LogP contribution in [0.1, 0.15) is 0 Å². The van der Waals surface area contributed by atoms with Gasteiger partial charge in [-0.05, 0) is 0 Å². The molecule has 0 rings (SSSR count). The highest BCUT2D eigenvalue weighted by Crippen LogP contribution is 1.96. The van der Waals surface area contributed by atoms with E-state index in [-0.39, 0.29) is 0 Å². The average molecular weight is 117 g/mol. The highest BCUT2D eigenvalue weighted by atomic mass is 35.7. The van der Waals surface area contributed by atoms with Gasteiger partial charge in [-0.3, -0.25) is 0 Å². The van der Waals surface area contributed by atoms with Gasteiger partial charge in [-0.25, -0.2) is 9.56 Å². The molecule has 2 N–H and O–H groups in total. The Morgan fingerprint density at radius 2 is 1.60 bits per heavy atom. The number of rotatable bonds is 0. The fourth-order valence-electron chi connectivity index (χ4n) is 0. The molecule has 2 nitrogen and oxygen atoms in total. The molecule has 0 atom stereocenters. The lowest BCUT2D eigenvalue weighted by Crippen LogP contribution is -1.56. The summed E-state index contributed by atoms with van der Waals surface area (Å²) in [6.45, 7) is 0. The smallest absolute Gasteiger partial charge is 0.177 e. The van der Waals surface area contributed by atoms with Crippen LogP contribution in [-0.4, -0.2) is 0 Å². The van der Waals surface area contributed by atoms with Crippen LogP contribution in [0.5, 0.6) is 0 Å². The Labute approximate surface area is 34.2 Å². The molecular weight excluding hydrogens is 115 g/mol. The molecule has 0 aromatic carbocycles. The Balaban J connectivity index is 4.06. The van der Waals surface area contributed by atoms with E-state index in [1.54, 1.807) is 0 Å². The van der Waals surface area contributed by atoms with Crippen molar-refractivity contribution in [2.75, 3.05) is 0 Å². The zero-order valence-corrected chi connectivity index (χ0v) is 3.74. The van der Waals surface area contributed by atoms with E-state index in [2.05, 4.69) is 10.7 Å². The summed E-state index contributed by atoms with van der Waals surface area (Å²) in [5.74, 6) is 0. The first-order chi connectivity index (χ1) is 2.00. The van der Waals surface area contributed by atoms with Gasteiger partial charge >= 0.3 is 0 Å². The summed E-state index contributed by atoms with van der Waals surface area (Å²) < 4.78 is 22.4. The molecular formula is H2ClFN2S. The molecule has 32 valence electrons. The van der Waals surface area contributed by atoms with Crippen LogP contribution in [-0.2, 0) is 9.22 Å². The summed E-state index contributed by atoms with van der Waals surface area (Å²) in [7, 11) is 0.586. The first kappa shape index (κ1) is 5.17. The lowest BCUT2D eigenvalue weighted by molar-refractivity contribution is 0.912. The van der Waals surface area contributed by atoms with E-state index >= 15 is 0 Å². The van der Waals surface area contributed by atoms with Crippen molar-refractivity contribution in [3.05, 3.63) is 0 Å². The first-order valence-electron chi connectivity index (χ1n) is 0.717. The number of hydrogen-bond donors (Lipinski definition) is 2. The van der Waals surface area contributed by atoms with E-state index in [9.17, 15) is 3.89 Å². The van der Waals surface area contributed by atoms with Gasteiger partial charge in [0.2, 0.25) is 0 Å². The van der Waals surface area contributed by atoms with Crippen LogP contribution in [0.4, 0.5) is 3.89 Å². The molecule has 0 saturated heterocycles. The topological polar surface area (TPSA) is 47.7 Å². The van der Waals surface area contributed by atoms with Crippen molar-refractivity contribution < 1.29 is 3.89 Å². The second-order valence-corrected chi connectivity index (χ2v) is 2.68. The summed E-state index contributed by atoms with van der Waals surface area (Å²) in [4.78, 5) is 0. The van der Waals surface area contributed by atoms with E-state index in [4.69, 9.17) is 9.56 Å². The van der Waals surface area contributed by atoms with Crippen molar-refractivity contribution in [3.63, 3.8) is 0 Å². The molecule has 0 unspecified atom stereocenters. The summed E-state index contributed by atoms with van der Waals surface area (Å²) in [6, 6.07) is 0. The van der Waals surface area contributed by atoms with E-state index in [0.717, 1.165) is 0 Å². The maximum absolute atomic E-state index is 10.9. The fraction of sp³-hybridized carbons (Fsp3) is 0. The van der Waals surface area contributed by atoms with Gasteiger partial charge in [-0.1, -0.05) is 0 Å². The Kier molecular flexibility index (Phi) is 1.14. The quantitative estimate of drug-likeness (QED) is 0.484. The fourth-order valence-corrected chi connectivity index (χ4v) is 0. The molecule has 0 fully saturated rings. The highest BCUT2D eigenvalue weighted by molar-refractivity contribution is 8.11. The SMILES string of the molecule is N=S(=N)(F)Cl. The second kappa shape index (κ2) is 1.10. The molecule has 0 aliphatic carbocycles. The zero-order valence-electron chi connectivity index (χ0n) is 2.16. The molecule has 0 spiro atoms. The van der Waals surface area contributed by atoms with Crippen molar-refractivity contribution in [1.82, 2.24) is 0 Å². The van der Waals surface area contributed by atoms with Crippen LogP contribution in [0, 0.1) is 9.56 Å². The molecule has 0 bridgehead atoms. The van der Waals surface area contributed by atoms with Crippen LogP contribution >= 0.6 is 10.7 Å². The van der Waals surface area contributed by atoms with E-state index in [0.29, 0.717) is 0 Å². The summed E-state index contributed by atoms with van der Waals surface area (Å²) in [5, 5.41) is 0. The van der Waals surface area contributed by atoms with Gasteiger partial charge in [0.15, 0.2) is 9.22 Å². The third-order valence-electron chi connectivity index (χ3n) is 0. The maximum atomic E-state index is 10.9. The minimum atomic E-state index is -3.69. The van der Waals surface area contributed by atoms with E-state index < -0.39 is 9.22 Å². The third kappa shape index (κ3) is 679. The maximum Gasteiger partial charge on any atom is 0.177 e. The van der Waals surface area contributed by atoms with E-state index in [1.807, 2.05) is 0 Å². The lowest BCUT2D eigenvalue weighted by Gasteiger charge is -1.71. The monoisotopic (exact) mass is 116 g/mol. The van der Waals surface area contributed by atoms with Crippen molar-refractivity contribution in [1.29, 1.82) is 9.56 Å². The molecule has 5 heteroatoms. The minimum absolute atomic E-state index is 3.69. The Morgan fingerprint density at radius 3 is 1.60 bits per heavy atom. The molecule has 0 aromatic heterocycles. The minimum Gasteiger partial charge on any atom is -0.230 e. The summed E-state index contributed by atoms with van der Waals surface area (Å²) >= 11 is 0. The van der Waals surface area contributed by atoms with Crippen molar-refractivity contribution in [2.45, 2.75) is 0 Å². The van der Waals surface area contributed by atoms with Crippen molar-refractivity contribution >= 4 is 19.9 Å². The molecule has 0 radical (unpaired) electrons. The Morgan fingerprint density at radius 1 is 1.60 bits per heavy atom. The third-order valence-corrected chi connectivity index (χ3v) is 0. The van der Waals surface area contributed by atoms with Crippen LogP contribution in [0.2, 0.25) is 0 Å². The van der Waals surface area contributed by atoms with Gasteiger partial charge in [0.25, 0.3) is 0 Å². The largest absolute Gasteiger partial charge is 0.230 e. The Hall–Kier alpha value is 0.170. The predicted octanol–water partition coefficient (Wildman–Crippen LogP) is 1.70. The molecule has 0 amide bonds. The van der Waals surface area contributed by atoms with Gasteiger partial charge in [0.1, 0.15) is 0 Å². The van der Waals surface area contributed by atoms with Gasteiger partial charge in [0.05, 0.1) is 0 Å². The molecule has 5 heavy (non-hydrogen) atoms. The van der Waals surface area contributed by atoms with Gasteiger partial charge in [0, 0.05) is 10.7 Å². The molecule has 0 saturated carbocycles. The van der Waals surface area contributed by atoms with Gasteiger partial charge < -0.3 is 0 Å². The number of nitrogens with one attached hydrogen (secondary N) is 2. The van der Waals surface area contributed by atoms with Gasteiger partial charge in [-0.2, -0.15) is 0 Å². The molecule has 0 heterocycles. The summed E-state index contributed by atoms with van der Waals surface area (Å²) in [6.07, 6.45) is 0. The summed E-state index contributed by atoms with van der Waals surface area (Å²) in [5.41, 5.74) is 0. The number of hydrogen-bond acceptors (Lipinski definition) is 2. The lowest BCUT2D eigenvalue weighted by atomic mass is 14.0. The second-order valence-electron chi connectivity index (χ2n) is 0.469. The van der Waals surface area contributed by atoms with E-state index in [1.165, 1.54) is 0 Å². The molecule has 0 aromatic rings. The molecule has 0 aliphatic rings. The average Bonchev–Trinajstić information content (AvgIpc) is 0.722. The highest BCUT2D eigenvalue weighted by Gasteiger charge is 1.77. The van der Waals surface area contributed by atoms with Crippen molar-refractivity contribution in [2.24, 2.45) is 0 Å². The Bertz CT molecular complexity index is 92.8. The number of halogens is 2.